The minimum atomic E-state index is -0.0949. The summed E-state index contributed by atoms with van der Waals surface area (Å²) >= 11 is 7.47. The van der Waals surface area contributed by atoms with Crippen molar-refractivity contribution >= 4 is 41.2 Å². The number of carbonyl (C=O) groups excluding carboxylic acids is 1. The van der Waals surface area contributed by atoms with Crippen molar-refractivity contribution < 1.29 is 4.79 Å². The Balaban J connectivity index is 1.73. The van der Waals surface area contributed by atoms with Crippen molar-refractivity contribution in [2.75, 3.05) is 23.7 Å². The Morgan fingerprint density at radius 1 is 1.12 bits per heavy atom. The standard InChI is InChI=1S/C20H24ClN3OS/c1-3-24(4-2)18-9-5-16(6-10-18)15-22-23-20(25)13-14-26-19-11-7-17(21)8-12-19/h5-12,15H,3-4,13-14H2,1-2H3,(H,23,25)/b22-15-. The first-order chi connectivity index (χ1) is 12.6. The van der Waals surface area contributed by atoms with Crippen LogP contribution in [-0.2, 0) is 4.79 Å². The van der Waals surface area contributed by atoms with Crippen molar-refractivity contribution in [1.29, 1.82) is 0 Å². The zero-order valence-electron chi connectivity index (χ0n) is 15.1. The fourth-order valence-electron chi connectivity index (χ4n) is 2.39. The molecule has 1 N–H and O–H groups in total. The van der Waals surface area contributed by atoms with Crippen molar-refractivity contribution in [3.05, 3.63) is 59.1 Å². The topological polar surface area (TPSA) is 44.7 Å². The van der Waals surface area contributed by atoms with Gasteiger partial charge in [-0.25, -0.2) is 5.43 Å². The van der Waals surface area contributed by atoms with Crippen LogP contribution in [-0.4, -0.2) is 31.0 Å². The van der Waals surface area contributed by atoms with Crippen LogP contribution < -0.4 is 10.3 Å². The summed E-state index contributed by atoms with van der Waals surface area (Å²) in [5.74, 6) is 0.601. The van der Waals surface area contributed by atoms with Gasteiger partial charge in [0.2, 0.25) is 5.91 Å². The van der Waals surface area contributed by atoms with E-state index >= 15 is 0 Å². The fourth-order valence-corrected chi connectivity index (χ4v) is 3.36. The van der Waals surface area contributed by atoms with Crippen molar-refractivity contribution in [2.24, 2.45) is 5.10 Å². The number of nitrogens with one attached hydrogen (secondary N) is 1. The van der Waals surface area contributed by atoms with Gasteiger partial charge in [-0.3, -0.25) is 4.79 Å². The van der Waals surface area contributed by atoms with Crippen molar-refractivity contribution in [3.63, 3.8) is 0 Å². The number of rotatable bonds is 9. The largest absolute Gasteiger partial charge is 0.372 e. The third-order valence-corrected chi connectivity index (χ3v) is 5.10. The highest BCUT2D eigenvalue weighted by molar-refractivity contribution is 7.99. The minimum absolute atomic E-state index is 0.0949. The first-order valence-corrected chi connectivity index (χ1v) is 10.0. The molecule has 2 aromatic carbocycles. The van der Waals surface area contributed by atoms with Crippen LogP contribution in [0.15, 0.2) is 58.5 Å². The molecule has 2 aromatic rings. The van der Waals surface area contributed by atoms with Crippen LogP contribution >= 0.6 is 23.4 Å². The average molecular weight is 390 g/mol. The second-order valence-electron chi connectivity index (χ2n) is 5.61. The predicted molar refractivity (Wildman–Crippen MR) is 113 cm³/mol. The molecule has 0 heterocycles. The number of hydrogen-bond donors (Lipinski definition) is 1. The molecule has 0 spiro atoms. The Labute approximate surface area is 164 Å². The number of halogens is 1. The summed E-state index contributed by atoms with van der Waals surface area (Å²) in [4.78, 5) is 15.2. The van der Waals surface area contributed by atoms with Crippen LogP contribution in [0, 0.1) is 0 Å². The van der Waals surface area contributed by atoms with E-state index < -0.39 is 0 Å². The summed E-state index contributed by atoms with van der Waals surface area (Å²) in [6.07, 6.45) is 2.07. The zero-order chi connectivity index (χ0) is 18.8. The van der Waals surface area contributed by atoms with E-state index in [0.717, 1.165) is 23.5 Å². The van der Waals surface area contributed by atoms with Gasteiger partial charge in [0.25, 0.3) is 0 Å². The molecule has 6 heteroatoms. The number of carbonyl (C=O) groups is 1. The van der Waals surface area contributed by atoms with Gasteiger partial charge in [-0.2, -0.15) is 5.10 Å². The maximum atomic E-state index is 11.8. The number of hydrogen-bond acceptors (Lipinski definition) is 4. The van der Waals surface area contributed by atoms with Gasteiger partial charge in [-0.15, -0.1) is 11.8 Å². The van der Waals surface area contributed by atoms with E-state index in [1.165, 1.54) is 5.69 Å². The molecule has 0 radical (unpaired) electrons. The van der Waals surface area contributed by atoms with Crippen LogP contribution in [0.4, 0.5) is 5.69 Å². The maximum absolute atomic E-state index is 11.8. The van der Waals surface area contributed by atoms with Crippen LogP contribution in [0.25, 0.3) is 0 Å². The van der Waals surface area contributed by atoms with E-state index in [2.05, 4.69) is 41.4 Å². The summed E-state index contributed by atoms with van der Waals surface area (Å²) in [6, 6.07) is 15.7. The molecule has 138 valence electrons. The zero-order valence-corrected chi connectivity index (χ0v) is 16.7. The predicted octanol–water partition coefficient (Wildman–Crippen LogP) is 4.82. The lowest BCUT2D eigenvalue weighted by molar-refractivity contribution is -0.120. The molecule has 2 rings (SSSR count). The normalized spacial score (nSPS) is 10.9. The highest BCUT2D eigenvalue weighted by Crippen LogP contribution is 2.20. The molecule has 0 saturated heterocycles. The summed E-state index contributed by atoms with van der Waals surface area (Å²) in [5.41, 5.74) is 4.72. The number of amides is 1. The number of anilines is 1. The van der Waals surface area contributed by atoms with Crippen LogP contribution in [0.3, 0.4) is 0 Å². The Kier molecular flexibility index (Phi) is 8.51. The van der Waals surface area contributed by atoms with Gasteiger partial charge in [0.05, 0.1) is 6.21 Å². The molecule has 0 saturated carbocycles. The molecule has 0 aliphatic carbocycles. The van der Waals surface area contributed by atoms with Gasteiger partial charge < -0.3 is 4.90 Å². The summed E-state index contributed by atoms with van der Waals surface area (Å²) in [5, 5.41) is 4.74. The number of thioether (sulfide) groups is 1. The quantitative estimate of drug-likeness (QED) is 0.380. The van der Waals surface area contributed by atoms with Gasteiger partial charge in [-0.1, -0.05) is 23.7 Å². The lowest BCUT2D eigenvalue weighted by atomic mass is 10.2. The Morgan fingerprint density at radius 2 is 1.77 bits per heavy atom. The third kappa shape index (κ3) is 6.73. The second kappa shape index (κ2) is 10.9. The maximum Gasteiger partial charge on any atom is 0.240 e. The molecular formula is C20H24ClN3OS. The van der Waals surface area contributed by atoms with Crippen LogP contribution in [0.1, 0.15) is 25.8 Å². The summed E-state index contributed by atoms with van der Waals surface area (Å²) < 4.78 is 0. The first-order valence-electron chi connectivity index (χ1n) is 8.67. The Bertz CT molecular complexity index is 713. The van der Waals surface area contributed by atoms with Crippen LogP contribution in [0.2, 0.25) is 5.02 Å². The highest BCUT2D eigenvalue weighted by atomic mass is 35.5. The van der Waals surface area contributed by atoms with Gasteiger partial charge in [0, 0.05) is 40.9 Å². The smallest absolute Gasteiger partial charge is 0.240 e. The van der Waals surface area contributed by atoms with E-state index in [4.69, 9.17) is 11.6 Å². The third-order valence-electron chi connectivity index (χ3n) is 3.84. The highest BCUT2D eigenvalue weighted by Gasteiger charge is 2.02. The lowest BCUT2D eigenvalue weighted by Gasteiger charge is -2.20. The summed E-state index contributed by atoms with van der Waals surface area (Å²) in [6.45, 7) is 6.24. The molecule has 26 heavy (non-hydrogen) atoms. The Hall–Kier alpha value is -1.98. The van der Waals surface area contributed by atoms with Crippen molar-refractivity contribution in [3.8, 4) is 0 Å². The monoisotopic (exact) mass is 389 g/mol. The lowest BCUT2D eigenvalue weighted by Crippen LogP contribution is -2.21. The van der Waals surface area contributed by atoms with E-state index in [0.29, 0.717) is 17.2 Å². The molecular weight excluding hydrogens is 366 g/mol. The molecule has 0 aliphatic rings. The average Bonchev–Trinajstić information content (AvgIpc) is 2.65. The van der Waals surface area contributed by atoms with Gasteiger partial charge in [0.1, 0.15) is 0 Å². The van der Waals surface area contributed by atoms with Crippen molar-refractivity contribution in [1.82, 2.24) is 5.43 Å². The number of nitrogens with zero attached hydrogens (tertiary/aromatic N) is 2. The molecule has 0 fully saturated rings. The summed E-state index contributed by atoms with van der Waals surface area (Å²) in [7, 11) is 0. The molecule has 1 amide bonds. The van der Waals surface area contributed by atoms with Gasteiger partial charge >= 0.3 is 0 Å². The molecule has 0 bridgehead atoms. The van der Waals surface area contributed by atoms with E-state index in [1.54, 1.807) is 18.0 Å². The van der Waals surface area contributed by atoms with Gasteiger partial charge in [-0.05, 0) is 55.8 Å². The molecule has 4 nitrogen and oxygen atoms in total. The second-order valence-corrected chi connectivity index (χ2v) is 7.21. The van der Waals surface area contributed by atoms with E-state index in [9.17, 15) is 4.79 Å². The van der Waals surface area contributed by atoms with Crippen molar-refractivity contribution in [2.45, 2.75) is 25.2 Å². The first kappa shape index (κ1) is 20.3. The van der Waals surface area contributed by atoms with E-state index in [1.807, 2.05) is 36.4 Å². The van der Waals surface area contributed by atoms with Crippen LogP contribution in [0.5, 0.6) is 0 Å². The van der Waals surface area contributed by atoms with E-state index in [-0.39, 0.29) is 5.91 Å². The molecule has 0 atom stereocenters. The number of hydrazone groups is 1. The Morgan fingerprint density at radius 3 is 2.38 bits per heavy atom. The number of benzene rings is 2. The molecule has 0 aliphatic heterocycles. The molecule has 0 aromatic heterocycles. The minimum Gasteiger partial charge on any atom is -0.372 e. The van der Waals surface area contributed by atoms with Gasteiger partial charge in [0.15, 0.2) is 0 Å². The fraction of sp³-hybridized carbons (Fsp3) is 0.300. The SMILES string of the molecule is CCN(CC)c1ccc(/C=N\NC(=O)CCSc2ccc(Cl)cc2)cc1. The molecule has 0 unspecified atom stereocenters.